The zero-order chi connectivity index (χ0) is 27.7. The minimum Gasteiger partial charge on any atom is -0.486 e. The lowest BCUT2D eigenvalue weighted by atomic mass is 9.99. The van der Waals surface area contributed by atoms with Gasteiger partial charge in [0.1, 0.15) is 19.3 Å². The van der Waals surface area contributed by atoms with E-state index in [9.17, 15) is 9.59 Å². The maximum Gasteiger partial charge on any atom is 0.306 e. The molecule has 0 spiro atoms. The second kappa shape index (κ2) is 18.1. The second-order valence-corrected chi connectivity index (χ2v) is 11.2. The van der Waals surface area contributed by atoms with Crippen LogP contribution in [0.2, 0.25) is 0 Å². The van der Waals surface area contributed by atoms with Gasteiger partial charge in [0.15, 0.2) is 11.5 Å². The van der Waals surface area contributed by atoms with Gasteiger partial charge in [-0.25, -0.2) is 0 Å². The summed E-state index contributed by atoms with van der Waals surface area (Å²) >= 11 is 0. The first-order chi connectivity index (χ1) is 19.1. The molecular formula is C32H52N2O5. The van der Waals surface area contributed by atoms with E-state index < -0.39 is 6.10 Å². The number of fused-ring (bicyclic) bond motifs is 1. The summed E-state index contributed by atoms with van der Waals surface area (Å²) in [5.41, 5.74) is 0.833. The third kappa shape index (κ3) is 11.4. The molecule has 39 heavy (non-hydrogen) atoms. The predicted molar refractivity (Wildman–Crippen MR) is 155 cm³/mol. The van der Waals surface area contributed by atoms with Crippen molar-refractivity contribution in [1.82, 2.24) is 10.2 Å². The van der Waals surface area contributed by atoms with Crippen LogP contribution in [0, 0.1) is 0 Å². The summed E-state index contributed by atoms with van der Waals surface area (Å²) in [5.74, 6) is 1.18. The Morgan fingerprint density at radius 1 is 0.846 bits per heavy atom. The normalized spacial score (nSPS) is 16.6. The van der Waals surface area contributed by atoms with Crippen molar-refractivity contribution in [1.29, 1.82) is 0 Å². The Bertz CT molecular complexity index is 855. The van der Waals surface area contributed by atoms with Crippen molar-refractivity contribution in [3.8, 4) is 11.5 Å². The average molecular weight is 545 g/mol. The summed E-state index contributed by atoms with van der Waals surface area (Å²) in [5, 5.41) is 3.24. The Hall–Kier alpha value is -2.28. The molecule has 1 saturated heterocycles. The molecule has 0 unspecified atom stereocenters. The molecule has 3 rings (SSSR count). The number of ether oxygens (including phenoxy) is 3. The summed E-state index contributed by atoms with van der Waals surface area (Å²) in [4.78, 5) is 28.4. The smallest absolute Gasteiger partial charge is 0.306 e. The highest BCUT2D eigenvalue weighted by atomic mass is 16.6. The Morgan fingerprint density at radius 3 is 2.18 bits per heavy atom. The van der Waals surface area contributed by atoms with Gasteiger partial charge >= 0.3 is 5.97 Å². The molecule has 1 aromatic carbocycles. The third-order valence-corrected chi connectivity index (χ3v) is 7.76. The molecule has 2 aliphatic rings. The molecule has 0 aromatic heterocycles. The van der Waals surface area contributed by atoms with Crippen LogP contribution in [0.3, 0.4) is 0 Å². The summed E-state index contributed by atoms with van der Waals surface area (Å²) in [6, 6.07) is 5.41. The van der Waals surface area contributed by atoms with Crippen molar-refractivity contribution in [3.05, 3.63) is 23.8 Å². The minimum absolute atomic E-state index is 0.0126. The van der Waals surface area contributed by atoms with Gasteiger partial charge in [0.2, 0.25) is 5.91 Å². The topological polar surface area (TPSA) is 77.1 Å². The molecule has 0 aliphatic carbocycles. The molecule has 1 amide bonds. The van der Waals surface area contributed by atoms with E-state index in [1.807, 2.05) is 18.2 Å². The number of likely N-dealkylation sites (tertiary alicyclic amines) is 1. The van der Waals surface area contributed by atoms with Gasteiger partial charge in [-0.3, -0.25) is 9.59 Å². The lowest BCUT2D eigenvalue weighted by Crippen LogP contribution is -2.47. The molecular weight excluding hydrogens is 492 g/mol. The molecule has 7 heteroatoms. The van der Waals surface area contributed by atoms with E-state index in [0.717, 1.165) is 63.6 Å². The second-order valence-electron chi connectivity index (χ2n) is 11.2. The van der Waals surface area contributed by atoms with Crippen molar-refractivity contribution in [2.75, 3.05) is 32.8 Å². The van der Waals surface area contributed by atoms with Crippen LogP contribution in [-0.2, 0) is 14.3 Å². The highest BCUT2D eigenvalue weighted by Gasteiger charge is 2.32. The fourth-order valence-corrected chi connectivity index (χ4v) is 5.48. The van der Waals surface area contributed by atoms with Crippen molar-refractivity contribution >= 4 is 11.9 Å². The quantitative estimate of drug-likeness (QED) is 0.154. The van der Waals surface area contributed by atoms with Crippen molar-refractivity contribution in [3.63, 3.8) is 0 Å². The fraction of sp³-hybridized carbons (Fsp3) is 0.750. The number of hydrogen-bond donors (Lipinski definition) is 1. The van der Waals surface area contributed by atoms with Crippen LogP contribution < -0.4 is 14.8 Å². The van der Waals surface area contributed by atoms with Gasteiger partial charge in [-0.05, 0) is 56.5 Å². The Balaban J connectivity index is 1.65. The number of nitrogens with one attached hydrogen (secondary N) is 1. The van der Waals surface area contributed by atoms with Gasteiger partial charge < -0.3 is 24.4 Å². The van der Waals surface area contributed by atoms with E-state index in [0.29, 0.717) is 44.1 Å². The van der Waals surface area contributed by atoms with Crippen molar-refractivity contribution in [2.45, 2.75) is 122 Å². The number of benzene rings is 1. The van der Waals surface area contributed by atoms with Crippen LogP contribution in [0.4, 0.5) is 0 Å². The molecule has 1 aromatic rings. The van der Waals surface area contributed by atoms with Crippen LogP contribution in [0.25, 0.3) is 0 Å². The van der Waals surface area contributed by atoms with Crippen molar-refractivity contribution < 1.29 is 23.8 Å². The van der Waals surface area contributed by atoms with E-state index >= 15 is 0 Å². The van der Waals surface area contributed by atoms with Crippen LogP contribution >= 0.6 is 0 Å². The lowest BCUT2D eigenvalue weighted by molar-refractivity contribution is -0.152. The Labute approximate surface area is 236 Å². The molecule has 0 radical (unpaired) electrons. The van der Waals surface area contributed by atoms with Gasteiger partial charge in [0, 0.05) is 19.4 Å². The van der Waals surface area contributed by atoms with Gasteiger partial charge in [-0.1, -0.05) is 77.7 Å². The summed E-state index contributed by atoms with van der Waals surface area (Å²) in [6.07, 6.45) is 15.2. The summed E-state index contributed by atoms with van der Waals surface area (Å²) in [7, 11) is 0. The van der Waals surface area contributed by atoms with Gasteiger partial charge in [-0.2, -0.15) is 0 Å². The predicted octanol–water partition coefficient (Wildman–Crippen LogP) is 6.73. The molecule has 2 atom stereocenters. The van der Waals surface area contributed by atoms with E-state index in [4.69, 9.17) is 14.2 Å². The maximum absolute atomic E-state index is 13.1. The lowest BCUT2D eigenvalue weighted by Gasteiger charge is -2.32. The van der Waals surface area contributed by atoms with E-state index in [1.54, 1.807) is 0 Å². The maximum atomic E-state index is 13.1. The summed E-state index contributed by atoms with van der Waals surface area (Å²) < 4.78 is 17.8. The molecule has 1 fully saturated rings. The Kier molecular flexibility index (Phi) is 14.5. The van der Waals surface area contributed by atoms with Gasteiger partial charge in [-0.15, -0.1) is 0 Å². The van der Waals surface area contributed by atoms with E-state index in [1.165, 1.54) is 38.5 Å². The zero-order valence-corrected chi connectivity index (χ0v) is 24.5. The SMILES string of the molecule is CCCCCCCCCCCC(=O)O[C@H](c1ccc2c(c1)OCCO2)[C@@H](CN1CCCC1)NC(=O)CCCC. The fourth-order valence-electron chi connectivity index (χ4n) is 5.48. The third-order valence-electron chi connectivity index (χ3n) is 7.76. The first-order valence-electron chi connectivity index (χ1n) is 15.7. The molecule has 0 saturated carbocycles. The van der Waals surface area contributed by atoms with Crippen LogP contribution in [0.15, 0.2) is 18.2 Å². The molecule has 0 bridgehead atoms. The largest absolute Gasteiger partial charge is 0.486 e. The average Bonchev–Trinajstić information content (AvgIpc) is 3.46. The minimum atomic E-state index is -0.585. The van der Waals surface area contributed by atoms with Crippen molar-refractivity contribution in [2.24, 2.45) is 0 Å². The van der Waals surface area contributed by atoms with Gasteiger partial charge in [0.05, 0.1) is 6.04 Å². The molecule has 220 valence electrons. The number of amides is 1. The highest BCUT2D eigenvalue weighted by Crippen LogP contribution is 2.35. The van der Waals surface area contributed by atoms with Crippen LogP contribution in [0.5, 0.6) is 11.5 Å². The standard InChI is InChI=1S/C32H52N2O5/c1-3-5-7-8-9-10-11-12-13-17-31(36)39-32(26-18-19-28-29(24-26)38-23-22-37-28)27(25-34-20-14-15-21-34)33-30(35)16-6-4-2/h18-19,24,27,32H,3-17,20-23,25H2,1-2H3,(H,33,35)/t27-,32-/m1/s1. The highest BCUT2D eigenvalue weighted by molar-refractivity contribution is 5.76. The molecule has 2 heterocycles. The number of carbonyl (C=O) groups excluding carboxylic acids is 2. The Morgan fingerprint density at radius 2 is 1.49 bits per heavy atom. The number of nitrogens with zero attached hydrogens (tertiary/aromatic N) is 1. The molecule has 1 N–H and O–H groups in total. The monoisotopic (exact) mass is 544 g/mol. The number of esters is 1. The van der Waals surface area contributed by atoms with E-state index in [-0.39, 0.29) is 17.9 Å². The zero-order valence-electron chi connectivity index (χ0n) is 24.5. The number of hydrogen-bond acceptors (Lipinski definition) is 6. The number of carbonyl (C=O) groups is 2. The first kappa shape index (κ1) is 31.3. The summed E-state index contributed by atoms with van der Waals surface area (Å²) in [6.45, 7) is 8.00. The van der Waals surface area contributed by atoms with Gasteiger partial charge in [0.25, 0.3) is 0 Å². The first-order valence-corrected chi connectivity index (χ1v) is 15.7. The van der Waals surface area contributed by atoms with Crippen LogP contribution in [-0.4, -0.2) is 55.7 Å². The molecule has 7 nitrogen and oxygen atoms in total. The van der Waals surface area contributed by atoms with Crippen LogP contribution in [0.1, 0.15) is 122 Å². The number of rotatable bonds is 19. The molecule has 2 aliphatic heterocycles. The number of unbranched alkanes of at least 4 members (excludes halogenated alkanes) is 9. The van der Waals surface area contributed by atoms with E-state index in [2.05, 4.69) is 24.1 Å².